The van der Waals surface area contributed by atoms with Crippen molar-refractivity contribution < 1.29 is 23.9 Å². The van der Waals surface area contributed by atoms with Gasteiger partial charge in [-0.15, -0.1) is 0 Å². The molecule has 7 nitrogen and oxygen atoms in total. The van der Waals surface area contributed by atoms with Crippen molar-refractivity contribution in [1.29, 1.82) is 0 Å². The molecule has 0 bridgehead atoms. The molecule has 8 heteroatoms. The number of benzene rings is 2. The summed E-state index contributed by atoms with van der Waals surface area (Å²) in [7, 11) is 1.60. The van der Waals surface area contributed by atoms with E-state index in [1.54, 1.807) is 20.2 Å². The van der Waals surface area contributed by atoms with E-state index in [2.05, 4.69) is 10.2 Å². The lowest BCUT2D eigenvalue weighted by molar-refractivity contribution is -0.908. The number of rotatable bonds is 6. The van der Waals surface area contributed by atoms with Crippen molar-refractivity contribution in [2.75, 3.05) is 7.05 Å². The van der Waals surface area contributed by atoms with Gasteiger partial charge in [-0.2, -0.15) is 5.10 Å². The van der Waals surface area contributed by atoms with Gasteiger partial charge in [0.2, 0.25) is 11.9 Å². The van der Waals surface area contributed by atoms with Crippen LogP contribution < -0.4 is 9.47 Å². The van der Waals surface area contributed by atoms with E-state index < -0.39 is 11.7 Å². The first-order chi connectivity index (χ1) is 15.9. The number of carbonyl (C=O) groups is 1. The molecule has 2 N–H and O–H groups in total. The summed E-state index contributed by atoms with van der Waals surface area (Å²) in [6.45, 7) is 1.92. The molecular weight excluding hydrogens is 423 g/mol. The molecule has 4 aromatic rings. The molecule has 0 spiro atoms. The summed E-state index contributed by atoms with van der Waals surface area (Å²) in [6.07, 6.45) is 5.13. The number of fused-ring (bicyclic) bond motifs is 1. The van der Waals surface area contributed by atoms with Crippen LogP contribution in [-0.2, 0) is 6.54 Å². The van der Waals surface area contributed by atoms with Crippen LogP contribution in [0.2, 0.25) is 0 Å². The summed E-state index contributed by atoms with van der Waals surface area (Å²) in [5.41, 5.74) is 3.39. The van der Waals surface area contributed by atoms with Crippen molar-refractivity contribution in [3.05, 3.63) is 77.5 Å². The predicted octanol–water partition coefficient (Wildman–Crippen LogP) is 4.02. The van der Waals surface area contributed by atoms with Crippen LogP contribution in [0.4, 0.5) is 4.39 Å². The zero-order chi connectivity index (χ0) is 23.1. The summed E-state index contributed by atoms with van der Waals surface area (Å²) in [6, 6.07) is 12.3. The van der Waals surface area contributed by atoms with Crippen molar-refractivity contribution in [2.45, 2.75) is 32.4 Å². The maximum absolute atomic E-state index is 15.2. The molecule has 1 amide bonds. The molecule has 0 unspecified atom stereocenters. The van der Waals surface area contributed by atoms with E-state index in [4.69, 9.17) is 4.74 Å². The monoisotopic (exact) mass is 447 g/mol. The summed E-state index contributed by atoms with van der Waals surface area (Å²) in [4.78, 5) is 14.6. The Kier molecular flexibility index (Phi) is 5.20. The molecule has 0 radical (unpaired) electrons. The number of carbonyl (C=O) groups excluding carboxylic acids is 1. The van der Waals surface area contributed by atoms with Gasteiger partial charge in [-0.1, -0.05) is 30.3 Å². The average Bonchev–Trinajstić information content (AvgIpc) is 3.49. The highest BCUT2D eigenvalue weighted by Crippen LogP contribution is 2.37. The number of aromatic amines is 1. The molecule has 1 aliphatic rings. The quantitative estimate of drug-likeness (QED) is 0.346. The second kappa shape index (κ2) is 8.20. The van der Waals surface area contributed by atoms with Crippen molar-refractivity contribution in [3.8, 4) is 16.9 Å². The Labute approximate surface area is 190 Å². The smallest absolute Gasteiger partial charge is 0.257 e. The number of halogens is 1. The first kappa shape index (κ1) is 20.9. The third-order valence-electron chi connectivity index (χ3n) is 5.93. The SMILES string of the molecule is Cc1c2cn[nH]c2c(CN(C)C(=O)c2cc(OC3CC3)c(-c3ccccc3)cc2F)c[n+]1O. The highest BCUT2D eigenvalue weighted by atomic mass is 19.1. The van der Waals surface area contributed by atoms with Gasteiger partial charge in [0, 0.05) is 24.3 Å². The standard InChI is InChI=1S/C25H23FN4O3/c1-15-21-12-27-28-24(21)17(14-30(15)32)13-29(2)25(31)20-11-23(33-18-8-9-18)19(10-22(20)26)16-6-4-3-5-7-16/h3-7,10-12,14,18,32H,8-9,13H2,1-2H3/p+1. The molecule has 1 saturated carbocycles. The molecule has 168 valence electrons. The molecule has 0 atom stereocenters. The average molecular weight is 447 g/mol. The van der Waals surface area contributed by atoms with Crippen LogP contribution in [0.15, 0.2) is 54.9 Å². The fraction of sp³-hybridized carbons (Fsp3) is 0.240. The fourth-order valence-corrected chi connectivity index (χ4v) is 3.91. The van der Waals surface area contributed by atoms with Gasteiger partial charge in [-0.05, 0) is 30.5 Å². The number of H-pyrrole nitrogens is 1. The first-order valence-electron chi connectivity index (χ1n) is 10.8. The number of nitrogens with zero attached hydrogens (tertiary/aromatic N) is 3. The largest absolute Gasteiger partial charge is 0.490 e. The zero-order valence-electron chi connectivity index (χ0n) is 18.4. The minimum Gasteiger partial charge on any atom is -0.490 e. The van der Waals surface area contributed by atoms with E-state index in [1.165, 1.54) is 23.2 Å². The molecule has 5 rings (SSSR count). The van der Waals surface area contributed by atoms with Crippen LogP contribution in [0.3, 0.4) is 0 Å². The maximum Gasteiger partial charge on any atom is 0.257 e. The van der Waals surface area contributed by atoms with Crippen molar-refractivity contribution in [2.24, 2.45) is 0 Å². The Morgan fingerprint density at radius 1 is 1.30 bits per heavy atom. The van der Waals surface area contributed by atoms with Crippen LogP contribution in [0, 0.1) is 12.7 Å². The molecule has 2 aromatic heterocycles. The number of ether oxygens (including phenoxy) is 1. The van der Waals surface area contributed by atoms with Gasteiger partial charge in [-0.25, -0.2) is 4.39 Å². The van der Waals surface area contributed by atoms with Crippen molar-refractivity contribution in [3.63, 3.8) is 0 Å². The van der Waals surface area contributed by atoms with Gasteiger partial charge in [0.25, 0.3) is 5.91 Å². The van der Waals surface area contributed by atoms with Crippen LogP contribution in [0.1, 0.15) is 34.5 Å². The second-order valence-corrected chi connectivity index (χ2v) is 8.42. The normalized spacial score (nSPS) is 13.3. The first-order valence-corrected chi connectivity index (χ1v) is 10.8. The Balaban J connectivity index is 1.48. The lowest BCUT2D eigenvalue weighted by Gasteiger charge is -2.19. The number of pyridine rings is 1. The highest BCUT2D eigenvalue weighted by Gasteiger charge is 2.28. The molecule has 0 saturated heterocycles. The van der Waals surface area contributed by atoms with E-state index in [9.17, 15) is 10.0 Å². The number of aryl methyl sites for hydroxylation is 1. The van der Waals surface area contributed by atoms with Gasteiger partial charge < -0.3 is 9.64 Å². The summed E-state index contributed by atoms with van der Waals surface area (Å²) >= 11 is 0. The summed E-state index contributed by atoms with van der Waals surface area (Å²) in [5.74, 6) is -0.589. The van der Waals surface area contributed by atoms with Gasteiger partial charge >= 0.3 is 0 Å². The van der Waals surface area contributed by atoms with Crippen molar-refractivity contribution in [1.82, 2.24) is 15.1 Å². The van der Waals surface area contributed by atoms with Gasteiger partial charge in [0.15, 0.2) is 0 Å². The summed E-state index contributed by atoms with van der Waals surface area (Å²) in [5, 5.41) is 17.9. The highest BCUT2D eigenvalue weighted by molar-refractivity contribution is 5.96. The lowest BCUT2D eigenvalue weighted by Crippen LogP contribution is -2.35. The van der Waals surface area contributed by atoms with E-state index >= 15 is 4.39 Å². The fourth-order valence-electron chi connectivity index (χ4n) is 3.91. The number of hydrogen-bond acceptors (Lipinski definition) is 4. The Bertz CT molecular complexity index is 1350. The second-order valence-electron chi connectivity index (χ2n) is 8.42. The van der Waals surface area contributed by atoms with Gasteiger partial charge in [0.1, 0.15) is 11.6 Å². The minimum absolute atomic E-state index is 0.0577. The molecule has 0 aliphatic heterocycles. The lowest BCUT2D eigenvalue weighted by atomic mass is 10.0. The molecular formula is C25H24FN4O3+. The van der Waals surface area contributed by atoms with E-state index in [1.807, 2.05) is 30.3 Å². The minimum atomic E-state index is -0.610. The third-order valence-corrected chi connectivity index (χ3v) is 5.93. The zero-order valence-corrected chi connectivity index (χ0v) is 18.4. The molecule has 1 aliphatic carbocycles. The predicted molar refractivity (Wildman–Crippen MR) is 119 cm³/mol. The van der Waals surface area contributed by atoms with E-state index in [0.29, 0.717) is 22.6 Å². The maximum atomic E-state index is 15.2. The third kappa shape index (κ3) is 4.00. The van der Waals surface area contributed by atoms with Gasteiger partial charge in [-0.3, -0.25) is 15.1 Å². The topological polar surface area (TPSA) is 82.3 Å². The van der Waals surface area contributed by atoms with Crippen LogP contribution in [0.25, 0.3) is 22.0 Å². The molecule has 33 heavy (non-hydrogen) atoms. The van der Waals surface area contributed by atoms with Crippen LogP contribution >= 0.6 is 0 Å². The number of hydrogen-bond donors (Lipinski definition) is 2. The van der Waals surface area contributed by atoms with E-state index in [-0.39, 0.29) is 18.2 Å². The van der Waals surface area contributed by atoms with E-state index in [0.717, 1.165) is 34.0 Å². The number of nitrogens with one attached hydrogen (secondary N) is 1. The molecule has 1 fully saturated rings. The Morgan fingerprint density at radius 3 is 2.79 bits per heavy atom. The number of aromatic nitrogens is 3. The number of amides is 1. The Morgan fingerprint density at radius 2 is 2.06 bits per heavy atom. The van der Waals surface area contributed by atoms with Crippen LogP contribution in [0.5, 0.6) is 5.75 Å². The Hall–Kier alpha value is -3.94. The van der Waals surface area contributed by atoms with Crippen LogP contribution in [-0.4, -0.2) is 39.4 Å². The van der Waals surface area contributed by atoms with Crippen molar-refractivity contribution >= 4 is 16.8 Å². The van der Waals surface area contributed by atoms with Gasteiger partial charge in [0.05, 0.1) is 40.9 Å². The molecule has 2 aromatic carbocycles. The summed E-state index contributed by atoms with van der Waals surface area (Å²) < 4.78 is 22.2. The molecule has 2 heterocycles.